The van der Waals surface area contributed by atoms with Gasteiger partial charge in [-0.3, -0.25) is 0 Å². The van der Waals surface area contributed by atoms with Crippen molar-refractivity contribution in [3.05, 3.63) is 28.8 Å². The molecule has 0 aliphatic heterocycles. The van der Waals surface area contributed by atoms with Crippen LogP contribution in [0.2, 0.25) is 0 Å². The molecule has 1 rings (SSSR count). The fourth-order valence-electron chi connectivity index (χ4n) is 2.50. The summed E-state index contributed by atoms with van der Waals surface area (Å²) in [6, 6.07) is 4.81. The molecular weight excluding hydrogens is 236 g/mol. The van der Waals surface area contributed by atoms with E-state index in [0.29, 0.717) is 12.0 Å². The third-order valence-electron chi connectivity index (χ3n) is 3.66. The van der Waals surface area contributed by atoms with Crippen molar-refractivity contribution in [3.63, 3.8) is 0 Å². The van der Waals surface area contributed by atoms with E-state index in [1.807, 2.05) is 7.05 Å². The third kappa shape index (κ3) is 3.95. The van der Waals surface area contributed by atoms with Crippen molar-refractivity contribution in [1.82, 2.24) is 5.32 Å². The van der Waals surface area contributed by atoms with Crippen molar-refractivity contribution in [2.75, 3.05) is 20.7 Å². The summed E-state index contributed by atoms with van der Waals surface area (Å²) in [5.74, 6) is 1.45. The summed E-state index contributed by atoms with van der Waals surface area (Å²) in [5.41, 5.74) is 9.53. The van der Waals surface area contributed by atoms with E-state index in [9.17, 15) is 0 Å². The van der Waals surface area contributed by atoms with Gasteiger partial charge in [0.25, 0.3) is 0 Å². The van der Waals surface area contributed by atoms with E-state index < -0.39 is 0 Å². The molecule has 0 aliphatic carbocycles. The van der Waals surface area contributed by atoms with Crippen LogP contribution in [0.5, 0.6) is 5.75 Å². The van der Waals surface area contributed by atoms with Crippen LogP contribution in [-0.2, 0) is 0 Å². The maximum atomic E-state index is 5.62. The van der Waals surface area contributed by atoms with Gasteiger partial charge in [-0.25, -0.2) is 0 Å². The van der Waals surface area contributed by atoms with Crippen LogP contribution in [0.1, 0.15) is 55.3 Å². The van der Waals surface area contributed by atoms with Gasteiger partial charge in [-0.2, -0.15) is 0 Å². The zero-order chi connectivity index (χ0) is 14.4. The van der Waals surface area contributed by atoms with Crippen LogP contribution in [0.15, 0.2) is 12.1 Å². The van der Waals surface area contributed by atoms with Crippen molar-refractivity contribution in [2.45, 2.75) is 45.6 Å². The number of ether oxygens (including phenoxy) is 1. The van der Waals surface area contributed by atoms with Gasteiger partial charge in [0, 0.05) is 6.04 Å². The van der Waals surface area contributed by atoms with E-state index >= 15 is 0 Å². The lowest BCUT2D eigenvalue weighted by atomic mass is 9.91. The smallest absolute Gasteiger partial charge is 0.122 e. The normalized spacial score (nSPS) is 12.8. The number of hydrogen-bond donors (Lipinski definition) is 2. The average Bonchev–Trinajstić information content (AvgIpc) is 2.40. The number of methoxy groups -OCH3 is 1. The van der Waals surface area contributed by atoms with E-state index in [2.05, 4.69) is 38.2 Å². The second-order valence-corrected chi connectivity index (χ2v) is 5.38. The first kappa shape index (κ1) is 16.0. The van der Waals surface area contributed by atoms with E-state index in [4.69, 9.17) is 10.5 Å². The minimum absolute atomic E-state index is 0.368. The van der Waals surface area contributed by atoms with Crippen LogP contribution < -0.4 is 15.8 Å². The topological polar surface area (TPSA) is 47.3 Å². The number of nitrogens with one attached hydrogen (secondary N) is 1. The Kier molecular flexibility index (Phi) is 6.32. The molecule has 1 unspecified atom stereocenters. The molecule has 0 spiro atoms. The van der Waals surface area contributed by atoms with E-state index in [-0.39, 0.29) is 0 Å². The molecule has 3 N–H and O–H groups in total. The fourth-order valence-corrected chi connectivity index (χ4v) is 2.50. The van der Waals surface area contributed by atoms with Gasteiger partial charge in [-0.1, -0.05) is 19.9 Å². The average molecular weight is 264 g/mol. The Morgan fingerprint density at radius 2 is 1.95 bits per heavy atom. The maximum absolute atomic E-state index is 5.62. The molecule has 0 radical (unpaired) electrons. The Labute approximate surface area is 117 Å². The molecule has 0 amide bonds. The molecule has 0 fully saturated rings. The molecule has 108 valence electrons. The summed E-state index contributed by atoms with van der Waals surface area (Å²) in [4.78, 5) is 0. The fraction of sp³-hybridized carbons (Fsp3) is 0.625. The molecule has 0 bridgehead atoms. The Balaban J connectivity index is 3.15. The van der Waals surface area contributed by atoms with Crippen LogP contribution in [0, 0.1) is 6.92 Å². The number of hydrogen-bond acceptors (Lipinski definition) is 3. The number of benzene rings is 1. The predicted octanol–water partition coefficient (Wildman–Crippen LogP) is 3.13. The molecule has 3 heteroatoms. The highest BCUT2D eigenvalue weighted by Gasteiger charge is 2.16. The van der Waals surface area contributed by atoms with Crippen LogP contribution in [0.3, 0.4) is 0 Å². The molecule has 0 aromatic heterocycles. The monoisotopic (exact) mass is 264 g/mol. The third-order valence-corrected chi connectivity index (χ3v) is 3.66. The molecule has 0 heterocycles. The number of aryl methyl sites for hydroxylation is 1. The van der Waals surface area contributed by atoms with Crippen molar-refractivity contribution in [2.24, 2.45) is 5.73 Å². The van der Waals surface area contributed by atoms with Crippen molar-refractivity contribution < 1.29 is 4.74 Å². The van der Waals surface area contributed by atoms with Gasteiger partial charge in [-0.05, 0) is 62.0 Å². The molecule has 19 heavy (non-hydrogen) atoms. The van der Waals surface area contributed by atoms with Gasteiger partial charge in [0.05, 0.1) is 7.11 Å². The highest BCUT2D eigenvalue weighted by Crippen LogP contribution is 2.33. The summed E-state index contributed by atoms with van der Waals surface area (Å²) in [6.45, 7) is 7.29. The Morgan fingerprint density at radius 1 is 1.26 bits per heavy atom. The minimum atomic E-state index is 0.368. The molecule has 0 saturated carbocycles. The standard InChI is InChI=1S/C16H28N2O/c1-11(2)13-10-14(12(3)9-16(13)19-5)15(18-4)7-6-8-17/h9-11,15,18H,6-8,17H2,1-5H3. The Morgan fingerprint density at radius 3 is 2.42 bits per heavy atom. The molecule has 0 aliphatic rings. The van der Waals surface area contributed by atoms with Crippen LogP contribution in [0.4, 0.5) is 0 Å². The molecule has 1 aromatic carbocycles. The highest BCUT2D eigenvalue weighted by molar-refractivity contribution is 5.45. The first-order valence-corrected chi connectivity index (χ1v) is 7.10. The predicted molar refractivity (Wildman–Crippen MR) is 81.9 cm³/mol. The first-order chi connectivity index (χ1) is 9.04. The van der Waals surface area contributed by atoms with E-state index in [0.717, 1.165) is 25.1 Å². The molecule has 1 atom stereocenters. The minimum Gasteiger partial charge on any atom is -0.496 e. The molecule has 1 aromatic rings. The molecule has 3 nitrogen and oxygen atoms in total. The summed E-state index contributed by atoms with van der Waals surface area (Å²) >= 11 is 0. The highest BCUT2D eigenvalue weighted by atomic mass is 16.5. The van der Waals surface area contributed by atoms with Gasteiger partial charge >= 0.3 is 0 Å². The van der Waals surface area contributed by atoms with Crippen molar-refractivity contribution >= 4 is 0 Å². The number of rotatable bonds is 7. The lowest BCUT2D eigenvalue weighted by Gasteiger charge is -2.22. The second-order valence-electron chi connectivity index (χ2n) is 5.38. The maximum Gasteiger partial charge on any atom is 0.122 e. The van der Waals surface area contributed by atoms with E-state index in [1.54, 1.807) is 7.11 Å². The lowest BCUT2D eigenvalue weighted by Crippen LogP contribution is -2.19. The SMILES string of the molecule is CNC(CCCN)c1cc(C(C)C)c(OC)cc1C. The van der Waals surface area contributed by atoms with Crippen molar-refractivity contribution in [1.29, 1.82) is 0 Å². The lowest BCUT2D eigenvalue weighted by molar-refractivity contribution is 0.406. The Hall–Kier alpha value is -1.06. The number of nitrogens with two attached hydrogens (primary N) is 1. The zero-order valence-corrected chi connectivity index (χ0v) is 12.9. The second kappa shape index (κ2) is 7.51. The Bertz CT molecular complexity index is 402. The van der Waals surface area contributed by atoms with Gasteiger partial charge in [0.15, 0.2) is 0 Å². The first-order valence-electron chi connectivity index (χ1n) is 7.10. The van der Waals surface area contributed by atoms with Crippen molar-refractivity contribution in [3.8, 4) is 5.75 Å². The van der Waals surface area contributed by atoms with Crippen LogP contribution in [0.25, 0.3) is 0 Å². The molecule has 0 saturated heterocycles. The van der Waals surface area contributed by atoms with Gasteiger partial charge in [-0.15, -0.1) is 0 Å². The van der Waals surface area contributed by atoms with Gasteiger partial charge in [0.1, 0.15) is 5.75 Å². The molecular formula is C16H28N2O. The summed E-state index contributed by atoms with van der Waals surface area (Å²) < 4.78 is 5.50. The summed E-state index contributed by atoms with van der Waals surface area (Å²) in [6.07, 6.45) is 2.10. The van der Waals surface area contributed by atoms with Crippen LogP contribution >= 0.6 is 0 Å². The van der Waals surface area contributed by atoms with Gasteiger partial charge < -0.3 is 15.8 Å². The quantitative estimate of drug-likeness (QED) is 0.795. The largest absolute Gasteiger partial charge is 0.496 e. The summed E-state index contributed by atoms with van der Waals surface area (Å²) in [7, 11) is 3.75. The van der Waals surface area contributed by atoms with E-state index in [1.165, 1.54) is 16.7 Å². The van der Waals surface area contributed by atoms with Crippen LogP contribution in [-0.4, -0.2) is 20.7 Å². The van der Waals surface area contributed by atoms with Gasteiger partial charge in [0.2, 0.25) is 0 Å². The zero-order valence-electron chi connectivity index (χ0n) is 12.9. The summed E-state index contributed by atoms with van der Waals surface area (Å²) in [5, 5.41) is 3.40.